The van der Waals surface area contributed by atoms with E-state index in [0.717, 1.165) is 6.07 Å². The quantitative estimate of drug-likeness (QED) is 0.799. The molecule has 0 saturated carbocycles. The summed E-state index contributed by atoms with van der Waals surface area (Å²) in [5.41, 5.74) is 5.65. The molecular formula is C14H13FN4O2. The van der Waals surface area contributed by atoms with Gasteiger partial charge in [0, 0.05) is 18.5 Å². The topological polar surface area (TPSA) is 94.0 Å². The predicted molar refractivity (Wildman–Crippen MR) is 72.7 cm³/mol. The summed E-state index contributed by atoms with van der Waals surface area (Å²) in [6.45, 7) is 0.467. The lowest BCUT2D eigenvalue weighted by atomic mass is 10.1. The van der Waals surface area contributed by atoms with E-state index in [9.17, 15) is 9.18 Å². The molecule has 0 aliphatic heterocycles. The highest BCUT2D eigenvalue weighted by atomic mass is 19.1. The fourth-order valence-electron chi connectivity index (χ4n) is 1.60. The van der Waals surface area contributed by atoms with E-state index < -0.39 is 5.82 Å². The highest BCUT2D eigenvalue weighted by Crippen LogP contribution is 2.09. The second-order valence-corrected chi connectivity index (χ2v) is 4.04. The average Bonchev–Trinajstić information content (AvgIpc) is 2.99. The van der Waals surface area contributed by atoms with Gasteiger partial charge in [-0.2, -0.15) is 4.98 Å². The first-order valence-electron chi connectivity index (χ1n) is 6.23. The average molecular weight is 288 g/mol. The van der Waals surface area contributed by atoms with E-state index in [0.29, 0.717) is 18.9 Å². The Morgan fingerprint density at radius 1 is 1.48 bits per heavy atom. The first-order chi connectivity index (χ1) is 10.2. The highest BCUT2D eigenvalue weighted by Gasteiger charge is 2.09. The Bertz CT molecular complexity index is 674. The summed E-state index contributed by atoms with van der Waals surface area (Å²) in [6.07, 6.45) is 1.70. The summed E-state index contributed by atoms with van der Waals surface area (Å²) in [4.78, 5) is 15.7. The van der Waals surface area contributed by atoms with E-state index in [1.165, 1.54) is 18.5 Å². The van der Waals surface area contributed by atoms with Gasteiger partial charge >= 0.3 is 0 Å². The van der Waals surface area contributed by atoms with E-state index in [2.05, 4.69) is 27.3 Å². The van der Waals surface area contributed by atoms with Crippen molar-refractivity contribution in [2.24, 2.45) is 5.73 Å². The normalized spacial score (nSPS) is 9.81. The zero-order valence-corrected chi connectivity index (χ0v) is 11.1. The minimum absolute atomic E-state index is 0.150. The largest absolute Gasteiger partial charge is 0.352 e. The lowest BCUT2D eigenvalue weighted by Gasteiger charge is -2.04. The molecule has 0 saturated heterocycles. The fourth-order valence-corrected chi connectivity index (χ4v) is 1.60. The molecule has 0 bridgehead atoms. The van der Waals surface area contributed by atoms with Gasteiger partial charge in [0.2, 0.25) is 5.89 Å². The first-order valence-corrected chi connectivity index (χ1v) is 6.23. The van der Waals surface area contributed by atoms with Crippen LogP contribution in [-0.4, -0.2) is 29.1 Å². The Morgan fingerprint density at radius 2 is 2.33 bits per heavy atom. The summed E-state index contributed by atoms with van der Waals surface area (Å²) in [6, 6.07) is 4.10. The maximum absolute atomic E-state index is 13.7. The lowest BCUT2D eigenvalue weighted by molar-refractivity contribution is 0.0953. The van der Waals surface area contributed by atoms with Gasteiger partial charge in [0.05, 0.1) is 12.1 Å². The number of benzene rings is 1. The third-order valence-corrected chi connectivity index (χ3v) is 2.59. The number of hydrogen-bond donors (Lipinski definition) is 2. The third kappa shape index (κ3) is 4.12. The number of rotatable bonds is 4. The molecule has 0 aliphatic rings. The lowest BCUT2D eigenvalue weighted by Crippen LogP contribution is -2.25. The number of nitrogens with zero attached hydrogens (tertiary/aromatic N) is 2. The summed E-state index contributed by atoms with van der Waals surface area (Å²) < 4.78 is 18.5. The molecule has 7 heteroatoms. The number of amides is 1. The van der Waals surface area contributed by atoms with Crippen molar-refractivity contribution >= 4 is 5.91 Å². The summed E-state index contributed by atoms with van der Waals surface area (Å²) in [7, 11) is 0. The zero-order chi connectivity index (χ0) is 15.1. The standard InChI is InChI=1S/C14H13FN4O2/c15-12-8-11(4-3-10(12)2-1-6-16)14(20)17-7-5-13-18-9-19-21-13/h3-4,8-9H,5-7,16H2,(H,17,20). The van der Waals surface area contributed by atoms with Gasteiger partial charge in [-0.3, -0.25) is 4.79 Å². The number of aromatic nitrogens is 2. The maximum atomic E-state index is 13.7. The van der Waals surface area contributed by atoms with E-state index in [4.69, 9.17) is 10.3 Å². The molecule has 2 aromatic rings. The second kappa shape index (κ2) is 7.17. The number of carbonyl (C=O) groups is 1. The molecule has 2 rings (SSSR count). The zero-order valence-electron chi connectivity index (χ0n) is 11.1. The van der Waals surface area contributed by atoms with Crippen LogP contribution in [0.3, 0.4) is 0 Å². The smallest absolute Gasteiger partial charge is 0.251 e. The van der Waals surface area contributed by atoms with Crippen LogP contribution in [0.25, 0.3) is 0 Å². The number of nitrogens with two attached hydrogens (primary N) is 1. The van der Waals surface area contributed by atoms with Gasteiger partial charge in [0.1, 0.15) is 5.82 Å². The Hall–Kier alpha value is -2.72. The van der Waals surface area contributed by atoms with Crippen LogP contribution in [0.1, 0.15) is 21.8 Å². The van der Waals surface area contributed by atoms with Crippen LogP contribution >= 0.6 is 0 Å². The molecule has 6 nitrogen and oxygen atoms in total. The SMILES string of the molecule is NCC#Cc1ccc(C(=O)NCCc2ncno2)cc1F. The van der Waals surface area contributed by atoms with Crippen molar-refractivity contribution in [3.63, 3.8) is 0 Å². The molecule has 0 aliphatic carbocycles. The van der Waals surface area contributed by atoms with Gasteiger partial charge < -0.3 is 15.6 Å². The third-order valence-electron chi connectivity index (χ3n) is 2.59. The van der Waals surface area contributed by atoms with Crippen molar-refractivity contribution < 1.29 is 13.7 Å². The summed E-state index contributed by atoms with van der Waals surface area (Å²) >= 11 is 0. The Balaban J connectivity index is 1.94. The predicted octanol–water partition coefficient (Wildman–Crippen LogP) is 0.491. The number of halogens is 1. The van der Waals surface area contributed by atoms with Crippen LogP contribution in [0.5, 0.6) is 0 Å². The van der Waals surface area contributed by atoms with Crippen molar-refractivity contribution in [3.05, 3.63) is 47.4 Å². The molecule has 3 N–H and O–H groups in total. The van der Waals surface area contributed by atoms with Crippen molar-refractivity contribution in [1.29, 1.82) is 0 Å². The van der Waals surface area contributed by atoms with E-state index in [1.54, 1.807) is 0 Å². The minimum atomic E-state index is -0.555. The van der Waals surface area contributed by atoms with Gasteiger partial charge in [0.15, 0.2) is 6.33 Å². The molecule has 0 spiro atoms. The molecule has 0 atom stereocenters. The van der Waals surface area contributed by atoms with Gasteiger partial charge in [-0.1, -0.05) is 17.0 Å². The molecular weight excluding hydrogens is 275 g/mol. The van der Waals surface area contributed by atoms with Crippen molar-refractivity contribution in [2.45, 2.75) is 6.42 Å². The van der Waals surface area contributed by atoms with Crippen molar-refractivity contribution in [3.8, 4) is 11.8 Å². The van der Waals surface area contributed by atoms with Gasteiger partial charge in [-0.15, -0.1) is 0 Å². The highest BCUT2D eigenvalue weighted by molar-refractivity contribution is 5.94. The minimum Gasteiger partial charge on any atom is -0.352 e. The molecule has 1 heterocycles. The Morgan fingerprint density at radius 3 is 3.00 bits per heavy atom. The first kappa shape index (κ1) is 14.7. The van der Waals surface area contributed by atoms with Crippen molar-refractivity contribution in [2.75, 3.05) is 13.1 Å². The van der Waals surface area contributed by atoms with E-state index >= 15 is 0 Å². The number of carbonyl (C=O) groups excluding carboxylic acids is 1. The fraction of sp³-hybridized carbons (Fsp3) is 0.214. The Labute approximate surface area is 120 Å². The van der Waals surface area contributed by atoms with Gasteiger partial charge in [-0.25, -0.2) is 4.39 Å². The van der Waals surface area contributed by atoms with Crippen LogP contribution in [0, 0.1) is 17.7 Å². The molecule has 1 amide bonds. The van der Waals surface area contributed by atoms with Crippen LogP contribution in [0.15, 0.2) is 29.0 Å². The molecule has 0 radical (unpaired) electrons. The molecule has 21 heavy (non-hydrogen) atoms. The van der Waals surface area contributed by atoms with Crippen LogP contribution in [0.2, 0.25) is 0 Å². The maximum Gasteiger partial charge on any atom is 0.251 e. The molecule has 108 valence electrons. The molecule has 0 unspecified atom stereocenters. The molecule has 1 aromatic heterocycles. The van der Waals surface area contributed by atoms with Crippen LogP contribution in [-0.2, 0) is 6.42 Å². The molecule has 1 aromatic carbocycles. The van der Waals surface area contributed by atoms with Gasteiger partial charge in [0.25, 0.3) is 5.91 Å². The van der Waals surface area contributed by atoms with E-state index in [-0.39, 0.29) is 23.6 Å². The van der Waals surface area contributed by atoms with E-state index in [1.807, 2.05) is 0 Å². The molecule has 0 fully saturated rings. The summed E-state index contributed by atoms with van der Waals surface area (Å²) in [5.74, 6) is 4.64. The Kier molecular flexibility index (Phi) is 5.01. The van der Waals surface area contributed by atoms with Gasteiger partial charge in [-0.05, 0) is 18.2 Å². The summed E-state index contributed by atoms with van der Waals surface area (Å²) in [5, 5.41) is 6.09. The second-order valence-electron chi connectivity index (χ2n) is 4.04. The van der Waals surface area contributed by atoms with Crippen LogP contribution < -0.4 is 11.1 Å². The number of hydrogen-bond acceptors (Lipinski definition) is 5. The van der Waals surface area contributed by atoms with Crippen molar-refractivity contribution in [1.82, 2.24) is 15.5 Å². The number of nitrogens with one attached hydrogen (secondary N) is 1. The monoisotopic (exact) mass is 288 g/mol. The van der Waals surface area contributed by atoms with Crippen LogP contribution in [0.4, 0.5) is 4.39 Å².